The van der Waals surface area contributed by atoms with Crippen LogP contribution in [-0.4, -0.2) is 20.6 Å². The van der Waals surface area contributed by atoms with Crippen molar-refractivity contribution in [3.63, 3.8) is 0 Å². The van der Waals surface area contributed by atoms with Gasteiger partial charge in [-0.1, -0.05) is 18.2 Å². The largest absolute Gasteiger partial charge is 0.478 e. The molecule has 0 atom stereocenters. The van der Waals surface area contributed by atoms with Crippen LogP contribution in [0.4, 0.5) is 0 Å². The highest BCUT2D eigenvalue weighted by molar-refractivity contribution is 5.89. The van der Waals surface area contributed by atoms with Gasteiger partial charge in [0, 0.05) is 35.6 Å². The van der Waals surface area contributed by atoms with E-state index in [-0.39, 0.29) is 0 Å². The van der Waals surface area contributed by atoms with Crippen LogP contribution in [0.5, 0.6) is 0 Å². The topological polar surface area (TPSA) is 58.0 Å². The highest BCUT2D eigenvalue weighted by Crippen LogP contribution is 2.18. The highest BCUT2D eigenvalue weighted by Gasteiger charge is 2.14. The second kappa shape index (κ2) is 5.13. The van der Waals surface area contributed by atoms with E-state index in [1.54, 1.807) is 6.07 Å². The lowest BCUT2D eigenvalue weighted by Gasteiger charge is -2.08. The highest BCUT2D eigenvalue weighted by atomic mass is 16.4. The average Bonchev–Trinajstić information content (AvgIpc) is 2.98. The molecule has 1 aromatic carbocycles. The molecule has 0 aliphatic rings. The fourth-order valence-electron chi connectivity index (χ4n) is 2.86. The van der Waals surface area contributed by atoms with Gasteiger partial charge in [-0.2, -0.15) is 0 Å². The number of hydrogen-bond acceptors (Lipinski definition) is 1. The number of carbonyl (C=O) groups is 1. The Balaban J connectivity index is 1.83. The number of benzene rings is 1. The van der Waals surface area contributed by atoms with Gasteiger partial charge in [-0.15, -0.1) is 0 Å². The van der Waals surface area contributed by atoms with Crippen molar-refractivity contribution in [3.8, 4) is 0 Å². The van der Waals surface area contributed by atoms with Gasteiger partial charge < -0.3 is 14.7 Å². The Morgan fingerprint density at radius 2 is 2.00 bits per heavy atom. The summed E-state index contributed by atoms with van der Waals surface area (Å²) < 4.78 is 2.06. The number of aromatic amines is 1. The van der Waals surface area contributed by atoms with Gasteiger partial charge in [-0.25, -0.2) is 4.79 Å². The summed E-state index contributed by atoms with van der Waals surface area (Å²) in [6.45, 7) is 4.59. The molecule has 21 heavy (non-hydrogen) atoms. The summed E-state index contributed by atoms with van der Waals surface area (Å²) in [5, 5.41) is 10.4. The van der Waals surface area contributed by atoms with Crippen LogP contribution in [0.15, 0.2) is 36.4 Å². The van der Waals surface area contributed by atoms with Gasteiger partial charge in [0.15, 0.2) is 0 Å². The van der Waals surface area contributed by atoms with Gasteiger partial charge in [-0.05, 0) is 37.4 Å². The van der Waals surface area contributed by atoms with Crippen molar-refractivity contribution in [2.24, 2.45) is 0 Å². The maximum absolute atomic E-state index is 11.2. The molecule has 0 unspecified atom stereocenters. The molecule has 0 fully saturated rings. The number of nitrogens with zero attached hydrogens (tertiary/aromatic N) is 1. The molecule has 3 aromatic rings. The SMILES string of the molecule is Cc1cc(C(=O)O)c(C)n1CCc1cc2ccccc2[nH]1. The molecule has 0 saturated heterocycles. The zero-order chi connectivity index (χ0) is 15.0. The summed E-state index contributed by atoms with van der Waals surface area (Å²) in [4.78, 5) is 14.6. The molecule has 4 nitrogen and oxygen atoms in total. The van der Waals surface area contributed by atoms with E-state index in [4.69, 9.17) is 5.11 Å². The van der Waals surface area contributed by atoms with Crippen LogP contribution in [0.2, 0.25) is 0 Å². The van der Waals surface area contributed by atoms with Crippen LogP contribution < -0.4 is 0 Å². The fraction of sp³-hybridized carbons (Fsp3) is 0.235. The lowest BCUT2D eigenvalue weighted by atomic mass is 10.2. The number of carboxylic acids is 1. The Morgan fingerprint density at radius 3 is 2.67 bits per heavy atom. The number of aromatic nitrogens is 2. The minimum Gasteiger partial charge on any atom is -0.478 e. The summed E-state index contributed by atoms with van der Waals surface area (Å²) >= 11 is 0. The van der Waals surface area contributed by atoms with Crippen molar-refractivity contribution >= 4 is 16.9 Å². The first-order valence-electron chi connectivity index (χ1n) is 7.03. The van der Waals surface area contributed by atoms with Gasteiger partial charge in [0.05, 0.1) is 5.56 Å². The van der Waals surface area contributed by atoms with E-state index in [2.05, 4.69) is 27.8 Å². The van der Waals surface area contributed by atoms with E-state index in [1.807, 2.05) is 26.0 Å². The Labute approximate surface area is 123 Å². The molecule has 0 aliphatic carbocycles. The number of aryl methyl sites for hydroxylation is 2. The molecule has 2 heterocycles. The fourth-order valence-corrected chi connectivity index (χ4v) is 2.86. The minimum atomic E-state index is -0.861. The number of carboxylic acid groups (broad SMARTS) is 1. The molecular formula is C17H18N2O2. The monoisotopic (exact) mass is 282 g/mol. The van der Waals surface area contributed by atoms with Crippen LogP contribution in [-0.2, 0) is 13.0 Å². The number of rotatable bonds is 4. The quantitative estimate of drug-likeness (QED) is 0.769. The Hall–Kier alpha value is -2.49. The standard InChI is InChI=1S/C17H18N2O2/c1-11-9-15(17(20)21)12(2)19(11)8-7-14-10-13-5-3-4-6-16(13)18-14/h3-6,9-10,18H,7-8H2,1-2H3,(H,20,21). The second-order valence-electron chi connectivity index (χ2n) is 5.37. The van der Waals surface area contributed by atoms with Gasteiger partial charge in [-0.3, -0.25) is 0 Å². The Kier molecular flexibility index (Phi) is 3.29. The summed E-state index contributed by atoms with van der Waals surface area (Å²) in [7, 11) is 0. The smallest absolute Gasteiger partial charge is 0.337 e. The van der Waals surface area contributed by atoms with Gasteiger partial charge >= 0.3 is 5.97 Å². The van der Waals surface area contributed by atoms with E-state index in [9.17, 15) is 4.79 Å². The number of H-pyrrole nitrogens is 1. The molecule has 3 rings (SSSR count). The molecule has 2 N–H and O–H groups in total. The summed E-state index contributed by atoms with van der Waals surface area (Å²) in [5.41, 5.74) is 4.50. The van der Waals surface area contributed by atoms with E-state index in [0.717, 1.165) is 29.9 Å². The maximum atomic E-state index is 11.2. The van der Waals surface area contributed by atoms with Crippen LogP contribution in [0.3, 0.4) is 0 Å². The third-order valence-electron chi connectivity index (χ3n) is 3.99. The molecule has 108 valence electrons. The van der Waals surface area contributed by atoms with Gasteiger partial charge in [0.2, 0.25) is 0 Å². The summed E-state index contributed by atoms with van der Waals surface area (Å²) in [6, 6.07) is 12.1. The van der Waals surface area contributed by atoms with Gasteiger partial charge in [0.25, 0.3) is 0 Å². The van der Waals surface area contributed by atoms with E-state index >= 15 is 0 Å². The van der Waals surface area contributed by atoms with Crippen LogP contribution >= 0.6 is 0 Å². The van der Waals surface area contributed by atoms with Crippen LogP contribution in [0, 0.1) is 13.8 Å². The first-order chi connectivity index (χ1) is 10.1. The first kappa shape index (κ1) is 13.5. The summed E-state index contributed by atoms with van der Waals surface area (Å²) in [6.07, 6.45) is 0.851. The number of para-hydroxylation sites is 1. The van der Waals surface area contributed by atoms with Crippen molar-refractivity contribution in [1.29, 1.82) is 0 Å². The van der Waals surface area contributed by atoms with Crippen LogP contribution in [0.1, 0.15) is 27.4 Å². The zero-order valence-corrected chi connectivity index (χ0v) is 12.2. The zero-order valence-electron chi connectivity index (χ0n) is 12.2. The molecule has 0 amide bonds. The third kappa shape index (κ3) is 2.44. The van der Waals surface area contributed by atoms with E-state index < -0.39 is 5.97 Å². The molecule has 0 radical (unpaired) electrons. The Bertz CT molecular complexity index is 778. The molecule has 0 saturated carbocycles. The normalized spacial score (nSPS) is 11.1. The van der Waals surface area contributed by atoms with Crippen molar-refractivity contribution in [1.82, 2.24) is 9.55 Å². The lowest BCUT2D eigenvalue weighted by molar-refractivity contribution is 0.0696. The third-order valence-corrected chi connectivity index (χ3v) is 3.99. The van der Waals surface area contributed by atoms with E-state index in [0.29, 0.717) is 5.56 Å². The average molecular weight is 282 g/mol. The first-order valence-corrected chi connectivity index (χ1v) is 7.03. The molecule has 4 heteroatoms. The van der Waals surface area contributed by atoms with Crippen molar-refractivity contribution < 1.29 is 9.90 Å². The minimum absolute atomic E-state index is 0.393. The number of aromatic carboxylic acids is 1. The molecule has 0 bridgehead atoms. The van der Waals surface area contributed by atoms with Crippen molar-refractivity contribution in [2.75, 3.05) is 0 Å². The van der Waals surface area contributed by atoms with Crippen molar-refractivity contribution in [2.45, 2.75) is 26.8 Å². The molecule has 0 spiro atoms. The van der Waals surface area contributed by atoms with E-state index in [1.165, 1.54) is 11.1 Å². The molecule has 2 aromatic heterocycles. The maximum Gasteiger partial charge on any atom is 0.337 e. The summed E-state index contributed by atoms with van der Waals surface area (Å²) in [5.74, 6) is -0.861. The van der Waals surface area contributed by atoms with Crippen LogP contribution in [0.25, 0.3) is 10.9 Å². The molecule has 0 aliphatic heterocycles. The lowest BCUT2D eigenvalue weighted by Crippen LogP contribution is -2.07. The Morgan fingerprint density at radius 1 is 1.24 bits per heavy atom. The second-order valence-corrected chi connectivity index (χ2v) is 5.37. The van der Waals surface area contributed by atoms with Gasteiger partial charge in [0.1, 0.15) is 0 Å². The number of hydrogen-bond donors (Lipinski definition) is 2. The molecular weight excluding hydrogens is 264 g/mol. The predicted molar refractivity (Wildman–Crippen MR) is 82.9 cm³/mol. The number of fused-ring (bicyclic) bond motifs is 1. The predicted octanol–water partition coefficient (Wildman–Crippen LogP) is 3.53. The number of nitrogens with one attached hydrogen (secondary N) is 1. The van der Waals surface area contributed by atoms with Crippen molar-refractivity contribution in [3.05, 3.63) is 59.0 Å².